The SMILES string of the molecule is C=C[C@]1(COP(=O)(N[C@@H](C)C(=O)OC(C)C)Oc2cccc3ccccc23)O[C@@H](N2C=CC(=O)CC2=O)[C@H](O)[C@@H]1F. The highest BCUT2D eigenvalue weighted by Gasteiger charge is 2.57. The standard InChI is InChI=1S/C28H32FN2O9P/c1-5-28(25(29)24(34)26(39-28)31-14-13-20(32)15-23(31)33)16-37-41(36,30-18(4)27(35)38-17(2)3)40-22-12-8-10-19-9-6-7-11-21(19)22/h5-14,17-18,24-26,34H,1,15-16H2,2-4H3,(H,30,36)/t18-,24+,25-,26+,28+,41?/m0/s1. The lowest BCUT2D eigenvalue weighted by Gasteiger charge is -2.32. The van der Waals surface area contributed by atoms with Gasteiger partial charge in [0.2, 0.25) is 5.91 Å². The molecule has 1 unspecified atom stereocenters. The minimum absolute atomic E-state index is 0.159. The summed E-state index contributed by atoms with van der Waals surface area (Å²) in [7, 11) is -4.49. The highest BCUT2D eigenvalue weighted by atomic mass is 31.2. The average Bonchev–Trinajstić information content (AvgIpc) is 3.17. The molecule has 0 aromatic heterocycles. The van der Waals surface area contributed by atoms with E-state index < -0.39 is 74.7 Å². The average molecular weight is 591 g/mol. The number of alkyl halides is 1. The van der Waals surface area contributed by atoms with Gasteiger partial charge in [-0.05, 0) is 38.3 Å². The van der Waals surface area contributed by atoms with E-state index in [1.807, 2.05) is 18.2 Å². The second kappa shape index (κ2) is 12.2. The molecule has 220 valence electrons. The Morgan fingerprint density at radius 3 is 2.66 bits per heavy atom. The fraction of sp³-hybridized carbons (Fsp3) is 0.393. The monoisotopic (exact) mass is 590 g/mol. The van der Waals surface area contributed by atoms with Crippen LogP contribution in [-0.2, 0) is 32.9 Å². The molecule has 2 N–H and O–H groups in total. The Bertz CT molecular complexity index is 1410. The van der Waals surface area contributed by atoms with Crippen LogP contribution in [0.2, 0.25) is 0 Å². The second-order valence-electron chi connectivity index (χ2n) is 10.00. The molecule has 4 rings (SSSR count). The molecular formula is C28H32FN2O9P. The maximum atomic E-state index is 15.6. The molecule has 2 aliphatic rings. The predicted molar refractivity (Wildman–Crippen MR) is 146 cm³/mol. The Morgan fingerprint density at radius 2 is 1.98 bits per heavy atom. The molecule has 13 heteroatoms. The van der Waals surface area contributed by atoms with Gasteiger partial charge in [0.1, 0.15) is 23.5 Å². The normalized spacial score (nSPS) is 26.7. The maximum absolute atomic E-state index is 15.6. The van der Waals surface area contributed by atoms with E-state index in [1.54, 1.807) is 38.1 Å². The number of allylic oxidation sites excluding steroid dienone is 1. The quantitative estimate of drug-likeness (QED) is 0.173. The van der Waals surface area contributed by atoms with Crippen LogP contribution in [0.4, 0.5) is 4.39 Å². The largest absolute Gasteiger partial charge is 0.462 e. The summed E-state index contributed by atoms with van der Waals surface area (Å²) < 4.78 is 52.2. The third-order valence-electron chi connectivity index (χ3n) is 6.54. The van der Waals surface area contributed by atoms with Crippen LogP contribution in [0.25, 0.3) is 10.8 Å². The molecule has 2 heterocycles. The van der Waals surface area contributed by atoms with Gasteiger partial charge in [-0.2, -0.15) is 5.09 Å². The van der Waals surface area contributed by atoms with Gasteiger partial charge in [-0.15, -0.1) is 6.58 Å². The first kappa shape index (κ1) is 30.5. The van der Waals surface area contributed by atoms with E-state index >= 15 is 4.39 Å². The summed E-state index contributed by atoms with van der Waals surface area (Å²) in [6.07, 6.45) is -3.23. The van der Waals surface area contributed by atoms with Crippen LogP contribution in [-0.4, -0.2) is 70.5 Å². The number of ketones is 1. The first-order valence-electron chi connectivity index (χ1n) is 12.9. The maximum Gasteiger partial charge on any atom is 0.459 e. The molecular weight excluding hydrogens is 558 g/mol. The highest BCUT2D eigenvalue weighted by Crippen LogP contribution is 2.49. The first-order valence-corrected chi connectivity index (χ1v) is 14.5. The zero-order chi connectivity index (χ0) is 29.9. The van der Waals surface area contributed by atoms with E-state index in [0.717, 1.165) is 28.6 Å². The first-order chi connectivity index (χ1) is 19.4. The van der Waals surface area contributed by atoms with Gasteiger partial charge >= 0.3 is 13.7 Å². The number of amides is 1. The Kier molecular flexibility index (Phi) is 9.10. The van der Waals surface area contributed by atoms with Gasteiger partial charge in [-0.1, -0.05) is 42.5 Å². The summed E-state index contributed by atoms with van der Waals surface area (Å²) in [4.78, 5) is 37.4. The Morgan fingerprint density at radius 1 is 1.27 bits per heavy atom. The van der Waals surface area contributed by atoms with Crippen molar-refractivity contribution in [2.75, 3.05) is 6.61 Å². The number of benzene rings is 2. The van der Waals surface area contributed by atoms with Crippen molar-refractivity contribution in [3.05, 3.63) is 67.4 Å². The number of carbonyl (C=O) groups is 3. The van der Waals surface area contributed by atoms with Crippen molar-refractivity contribution in [1.29, 1.82) is 0 Å². The second-order valence-corrected chi connectivity index (χ2v) is 11.7. The third kappa shape index (κ3) is 6.58. The Hall–Kier alpha value is -3.41. The van der Waals surface area contributed by atoms with Gasteiger partial charge in [-0.3, -0.25) is 23.8 Å². The van der Waals surface area contributed by atoms with Crippen molar-refractivity contribution in [1.82, 2.24) is 9.99 Å². The number of fused-ring (bicyclic) bond motifs is 1. The number of esters is 1. The molecule has 1 amide bonds. The molecule has 0 spiro atoms. The molecule has 2 aromatic rings. The molecule has 0 bridgehead atoms. The van der Waals surface area contributed by atoms with Crippen LogP contribution in [0.1, 0.15) is 27.2 Å². The van der Waals surface area contributed by atoms with Crippen LogP contribution in [0.3, 0.4) is 0 Å². The molecule has 11 nitrogen and oxygen atoms in total. The van der Waals surface area contributed by atoms with Crippen LogP contribution >= 0.6 is 7.75 Å². The number of ether oxygens (including phenoxy) is 2. The van der Waals surface area contributed by atoms with E-state index in [-0.39, 0.29) is 5.75 Å². The third-order valence-corrected chi connectivity index (χ3v) is 8.15. The molecule has 0 saturated carbocycles. The van der Waals surface area contributed by atoms with Crippen molar-refractivity contribution < 1.29 is 47.0 Å². The van der Waals surface area contributed by atoms with Crippen LogP contribution < -0.4 is 9.61 Å². The summed E-state index contributed by atoms with van der Waals surface area (Å²) in [5.41, 5.74) is -2.08. The van der Waals surface area contributed by atoms with Crippen molar-refractivity contribution in [2.45, 2.75) is 63.4 Å². The molecule has 1 saturated heterocycles. The van der Waals surface area contributed by atoms with Gasteiger partial charge in [0, 0.05) is 11.6 Å². The molecule has 2 aliphatic heterocycles. The molecule has 1 fully saturated rings. The zero-order valence-corrected chi connectivity index (χ0v) is 23.7. The van der Waals surface area contributed by atoms with Crippen LogP contribution in [0, 0.1) is 0 Å². The number of nitrogens with one attached hydrogen (secondary N) is 1. The van der Waals surface area contributed by atoms with Crippen molar-refractivity contribution >= 4 is 36.2 Å². The van der Waals surface area contributed by atoms with Gasteiger partial charge in [0.25, 0.3) is 0 Å². The molecule has 6 atom stereocenters. The van der Waals surface area contributed by atoms with E-state index in [0.29, 0.717) is 5.39 Å². The summed E-state index contributed by atoms with van der Waals surface area (Å²) in [6, 6.07) is 11.0. The number of aliphatic hydroxyl groups is 1. The van der Waals surface area contributed by atoms with E-state index in [2.05, 4.69) is 11.7 Å². The van der Waals surface area contributed by atoms with Crippen LogP contribution in [0.5, 0.6) is 5.75 Å². The zero-order valence-electron chi connectivity index (χ0n) is 22.8. The molecule has 2 aromatic carbocycles. The molecule has 0 radical (unpaired) electrons. The lowest BCUT2D eigenvalue weighted by Crippen LogP contribution is -2.45. The minimum atomic E-state index is -4.49. The molecule has 0 aliphatic carbocycles. The highest BCUT2D eigenvalue weighted by molar-refractivity contribution is 7.52. The molecule has 41 heavy (non-hydrogen) atoms. The number of aliphatic hydroxyl groups excluding tert-OH is 1. The van der Waals surface area contributed by atoms with E-state index in [9.17, 15) is 24.1 Å². The lowest BCUT2D eigenvalue weighted by molar-refractivity contribution is -0.153. The van der Waals surface area contributed by atoms with E-state index in [1.165, 1.54) is 6.92 Å². The number of halogens is 1. The van der Waals surface area contributed by atoms with E-state index in [4.69, 9.17) is 18.5 Å². The number of hydrogen-bond donors (Lipinski definition) is 2. The number of rotatable bonds is 11. The van der Waals surface area contributed by atoms with Crippen molar-refractivity contribution in [3.8, 4) is 5.75 Å². The van der Waals surface area contributed by atoms with Gasteiger partial charge in [0.05, 0.1) is 19.1 Å². The summed E-state index contributed by atoms with van der Waals surface area (Å²) in [5.74, 6) is -1.72. The van der Waals surface area contributed by atoms with Crippen LogP contribution in [0.15, 0.2) is 67.4 Å². The summed E-state index contributed by atoms with van der Waals surface area (Å²) in [5, 5.41) is 14.6. The summed E-state index contributed by atoms with van der Waals surface area (Å²) >= 11 is 0. The Balaban J connectivity index is 1.62. The fourth-order valence-corrected chi connectivity index (χ4v) is 5.97. The number of nitrogens with zero attached hydrogens (tertiary/aromatic N) is 1. The van der Waals surface area contributed by atoms with Gasteiger partial charge in [-0.25, -0.2) is 8.96 Å². The lowest BCUT2D eigenvalue weighted by atomic mass is 9.97. The van der Waals surface area contributed by atoms with Gasteiger partial charge in [0.15, 0.2) is 18.2 Å². The minimum Gasteiger partial charge on any atom is -0.462 e. The number of hydrogen-bond acceptors (Lipinski definition) is 9. The smallest absolute Gasteiger partial charge is 0.459 e. The predicted octanol–water partition coefficient (Wildman–Crippen LogP) is 3.57. The van der Waals surface area contributed by atoms with Crippen molar-refractivity contribution in [2.24, 2.45) is 0 Å². The fourth-order valence-electron chi connectivity index (χ4n) is 4.43. The Labute approximate surface area is 236 Å². The van der Waals surface area contributed by atoms with Crippen molar-refractivity contribution in [3.63, 3.8) is 0 Å². The number of carbonyl (C=O) groups excluding carboxylic acids is 3. The topological polar surface area (TPSA) is 141 Å². The van der Waals surface area contributed by atoms with Gasteiger partial charge < -0.3 is 19.1 Å². The summed E-state index contributed by atoms with van der Waals surface area (Å²) in [6.45, 7) is 7.51.